The minimum absolute atomic E-state index is 0. The van der Waals surface area contributed by atoms with Gasteiger partial charge < -0.3 is 25.0 Å². The molecule has 0 aliphatic carbocycles. The van der Waals surface area contributed by atoms with E-state index in [4.69, 9.17) is 9.47 Å². The molecule has 1 amide bonds. The van der Waals surface area contributed by atoms with Crippen LogP contribution in [-0.2, 0) is 14.9 Å². The van der Waals surface area contributed by atoms with Gasteiger partial charge in [-0.25, -0.2) is 0 Å². The summed E-state index contributed by atoms with van der Waals surface area (Å²) in [6.45, 7) is 5.77. The topological polar surface area (TPSA) is 75.2 Å². The number of guanidine groups is 1. The van der Waals surface area contributed by atoms with Crippen molar-refractivity contribution in [2.24, 2.45) is 4.99 Å². The molecule has 1 unspecified atom stereocenters. The van der Waals surface area contributed by atoms with Gasteiger partial charge in [0.25, 0.3) is 0 Å². The monoisotopic (exact) mass is 530 g/mol. The molecule has 2 aliphatic heterocycles. The summed E-state index contributed by atoms with van der Waals surface area (Å²) >= 11 is 0. The zero-order valence-electron chi connectivity index (χ0n) is 18.3. The smallest absolute Gasteiger partial charge is 0.222 e. The first-order valence-corrected chi connectivity index (χ1v) is 10.6. The summed E-state index contributed by atoms with van der Waals surface area (Å²) in [5.41, 5.74) is 1.30. The van der Waals surface area contributed by atoms with Crippen LogP contribution in [0.4, 0.5) is 0 Å². The molecule has 0 radical (unpaired) electrons. The Labute approximate surface area is 197 Å². The molecule has 2 heterocycles. The number of rotatable bonds is 6. The molecule has 2 saturated heterocycles. The highest BCUT2D eigenvalue weighted by molar-refractivity contribution is 14.0. The predicted octanol–water partition coefficient (Wildman–Crippen LogP) is 2.54. The van der Waals surface area contributed by atoms with Crippen LogP contribution in [0.15, 0.2) is 29.3 Å². The van der Waals surface area contributed by atoms with E-state index in [1.54, 1.807) is 14.2 Å². The molecule has 0 aromatic heterocycles. The Balaban J connectivity index is 0.00000320. The van der Waals surface area contributed by atoms with Crippen molar-refractivity contribution in [2.45, 2.75) is 44.1 Å². The molecule has 2 aliphatic rings. The molecule has 0 saturated carbocycles. The summed E-state index contributed by atoms with van der Waals surface area (Å²) in [4.78, 5) is 18.3. The summed E-state index contributed by atoms with van der Waals surface area (Å²) in [5, 5.41) is 7.04. The van der Waals surface area contributed by atoms with E-state index in [1.807, 2.05) is 24.0 Å². The first-order chi connectivity index (χ1) is 14.1. The van der Waals surface area contributed by atoms with Crippen LogP contribution in [-0.4, -0.2) is 69.8 Å². The second-order valence-electron chi connectivity index (χ2n) is 7.87. The summed E-state index contributed by atoms with van der Waals surface area (Å²) in [5.74, 6) is 1.88. The Morgan fingerprint density at radius 3 is 2.60 bits per heavy atom. The molecule has 0 bridgehead atoms. The third-order valence-electron chi connectivity index (χ3n) is 6.15. The van der Waals surface area contributed by atoms with Crippen molar-refractivity contribution in [3.05, 3.63) is 29.8 Å². The Kier molecular flexibility index (Phi) is 9.67. The zero-order valence-corrected chi connectivity index (χ0v) is 20.6. The number of hydrogen-bond donors (Lipinski definition) is 2. The molecule has 1 atom stereocenters. The van der Waals surface area contributed by atoms with E-state index in [0.29, 0.717) is 6.42 Å². The summed E-state index contributed by atoms with van der Waals surface area (Å²) in [6.07, 6.45) is 3.44. The van der Waals surface area contributed by atoms with Crippen LogP contribution in [0.2, 0.25) is 0 Å². The van der Waals surface area contributed by atoms with Crippen LogP contribution >= 0.6 is 24.0 Å². The molecule has 168 valence electrons. The lowest BCUT2D eigenvalue weighted by Crippen LogP contribution is -2.50. The summed E-state index contributed by atoms with van der Waals surface area (Å²) in [6, 6.07) is 8.61. The third-order valence-corrected chi connectivity index (χ3v) is 6.15. The molecule has 0 spiro atoms. The minimum atomic E-state index is 0. The standard InChI is InChI=1S/C22H34N4O3.HI/c1-4-20(27)26-12-9-18(15-26)25-21(23-2)24-16-22(10-13-29-14-11-22)17-5-7-19(28-3)8-6-17;/h5-8,18H,4,9-16H2,1-3H3,(H2,23,24,25);1H. The molecule has 3 rings (SSSR count). The van der Waals surface area contributed by atoms with Gasteiger partial charge in [-0.3, -0.25) is 9.79 Å². The van der Waals surface area contributed by atoms with Gasteiger partial charge >= 0.3 is 0 Å². The van der Waals surface area contributed by atoms with Crippen LogP contribution in [0.25, 0.3) is 0 Å². The average Bonchev–Trinajstić information content (AvgIpc) is 3.25. The van der Waals surface area contributed by atoms with Crippen molar-refractivity contribution < 1.29 is 14.3 Å². The van der Waals surface area contributed by atoms with Crippen LogP contribution in [0, 0.1) is 0 Å². The number of benzene rings is 1. The van der Waals surface area contributed by atoms with Crippen LogP contribution in [0.5, 0.6) is 5.75 Å². The van der Waals surface area contributed by atoms with Crippen molar-refractivity contribution in [1.29, 1.82) is 0 Å². The number of halogens is 1. The molecule has 7 nitrogen and oxygen atoms in total. The van der Waals surface area contributed by atoms with Gasteiger partial charge in [0.05, 0.1) is 7.11 Å². The van der Waals surface area contributed by atoms with E-state index in [1.165, 1.54) is 5.56 Å². The van der Waals surface area contributed by atoms with Crippen molar-refractivity contribution in [3.63, 3.8) is 0 Å². The summed E-state index contributed by atoms with van der Waals surface area (Å²) < 4.78 is 11.0. The molecule has 2 N–H and O–H groups in total. The second-order valence-corrected chi connectivity index (χ2v) is 7.87. The first-order valence-electron chi connectivity index (χ1n) is 10.6. The number of carbonyl (C=O) groups excluding carboxylic acids is 1. The molecular weight excluding hydrogens is 495 g/mol. The van der Waals surface area contributed by atoms with Gasteiger partial charge in [-0.1, -0.05) is 19.1 Å². The van der Waals surface area contributed by atoms with Crippen LogP contribution in [0.3, 0.4) is 0 Å². The maximum Gasteiger partial charge on any atom is 0.222 e. The first kappa shape index (κ1) is 24.7. The minimum Gasteiger partial charge on any atom is -0.497 e. The number of nitrogens with one attached hydrogen (secondary N) is 2. The van der Waals surface area contributed by atoms with E-state index < -0.39 is 0 Å². The van der Waals surface area contributed by atoms with Crippen LogP contribution in [0.1, 0.15) is 38.2 Å². The lowest BCUT2D eigenvalue weighted by atomic mass is 9.74. The lowest BCUT2D eigenvalue weighted by molar-refractivity contribution is -0.129. The van der Waals surface area contributed by atoms with Gasteiger partial charge in [-0.2, -0.15) is 0 Å². The quantitative estimate of drug-likeness (QED) is 0.336. The Bertz CT molecular complexity index is 705. The van der Waals surface area contributed by atoms with Crippen molar-refractivity contribution in [2.75, 3.05) is 47.0 Å². The Hall–Kier alpha value is -1.55. The predicted molar refractivity (Wildman–Crippen MR) is 130 cm³/mol. The highest BCUT2D eigenvalue weighted by atomic mass is 127. The largest absolute Gasteiger partial charge is 0.497 e. The van der Waals surface area contributed by atoms with Gasteiger partial charge in [0.1, 0.15) is 5.75 Å². The number of likely N-dealkylation sites (tertiary alicyclic amines) is 1. The normalized spacial score (nSPS) is 21.0. The number of hydrogen-bond acceptors (Lipinski definition) is 4. The maximum absolute atomic E-state index is 11.9. The van der Waals surface area contributed by atoms with Gasteiger partial charge in [0.15, 0.2) is 5.96 Å². The lowest BCUT2D eigenvalue weighted by Gasteiger charge is -2.38. The van der Waals surface area contributed by atoms with Crippen molar-refractivity contribution in [3.8, 4) is 5.75 Å². The van der Waals surface area contributed by atoms with E-state index >= 15 is 0 Å². The van der Waals surface area contributed by atoms with E-state index in [0.717, 1.165) is 63.8 Å². The number of amides is 1. The van der Waals surface area contributed by atoms with E-state index in [-0.39, 0.29) is 41.3 Å². The number of nitrogens with zero attached hydrogens (tertiary/aromatic N) is 2. The fourth-order valence-electron chi connectivity index (χ4n) is 4.24. The Morgan fingerprint density at radius 1 is 1.30 bits per heavy atom. The second kappa shape index (κ2) is 11.7. The van der Waals surface area contributed by atoms with E-state index in [2.05, 4.69) is 27.8 Å². The Morgan fingerprint density at radius 2 is 2.00 bits per heavy atom. The number of carbonyl (C=O) groups is 1. The fraction of sp³-hybridized carbons (Fsp3) is 0.636. The van der Waals surface area contributed by atoms with E-state index in [9.17, 15) is 4.79 Å². The maximum atomic E-state index is 11.9. The molecular formula is C22H35IN4O3. The van der Waals surface area contributed by atoms with Gasteiger partial charge in [-0.15, -0.1) is 24.0 Å². The molecule has 8 heteroatoms. The molecule has 2 fully saturated rings. The fourth-order valence-corrected chi connectivity index (χ4v) is 4.24. The molecule has 1 aromatic rings. The van der Waals surface area contributed by atoms with Gasteiger partial charge in [0.2, 0.25) is 5.91 Å². The van der Waals surface area contributed by atoms with Gasteiger partial charge in [-0.05, 0) is 37.0 Å². The highest BCUT2D eigenvalue weighted by Gasteiger charge is 2.35. The molecule has 30 heavy (non-hydrogen) atoms. The third kappa shape index (κ3) is 6.00. The van der Waals surface area contributed by atoms with Crippen LogP contribution < -0.4 is 15.4 Å². The average molecular weight is 530 g/mol. The SMILES string of the molecule is CCC(=O)N1CCC(NC(=NC)NCC2(c3ccc(OC)cc3)CCOCC2)C1.I. The van der Waals surface area contributed by atoms with Crippen molar-refractivity contribution >= 4 is 35.8 Å². The number of methoxy groups -OCH3 is 1. The number of ether oxygens (including phenoxy) is 2. The zero-order chi connectivity index (χ0) is 20.7. The highest BCUT2D eigenvalue weighted by Crippen LogP contribution is 2.35. The summed E-state index contributed by atoms with van der Waals surface area (Å²) in [7, 11) is 3.48. The van der Waals surface area contributed by atoms with Crippen molar-refractivity contribution in [1.82, 2.24) is 15.5 Å². The molecule has 1 aromatic carbocycles. The van der Waals surface area contributed by atoms with Gasteiger partial charge in [0, 0.05) is 57.8 Å². The number of aliphatic imine (C=N–C) groups is 1.